The van der Waals surface area contributed by atoms with E-state index < -0.39 is 0 Å². The number of furan rings is 1. The summed E-state index contributed by atoms with van der Waals surface area (Å²) < 4.78 is 11.4. The van der Waals surface area contributed by atoms with E-state index in [9.17, 15) is 9.59 Å². The third-order valence-electron chi connectivity index (χ3n) is 5.52. The van der Waals surface area contributed by atoms with Crippen molar-refractivity contribution < 1.29 is 18.7 Å². The van der Waals surface area contributed by atoms with Gasteiger partial charge in [-0.2, -0.15) is 0 Å². The molecular formula is C18H25N3O4. The molecule has 2 N–H and O–H groups in total. The maximum atomic E-state index is 12.5. The Balaban J connectivity index is 1.37. The predicted octanol–water partition coefficient (Wildman–Crippen LogP) is 0.897. The molecule has 0 spiro atoms. The quantitative estimate of drug-likeness (QED) is 0.827. The highest BCUT2D eigenvalue weighted by Crippen LogP contribution is 2.39. The molecule has 7 nitrogen and oxygen atoms in total. The van der Waals surface area contributed by atoms with Crippen molar-refractivity contribution in [3.05, 3.63) is 23.7 Å². The molecule has 136 valence electrons. The lowest BCUT2D eigenvalue weighted by atomic mass is 9.71. The van der Waals surface area contributed by atoms with E-state index in [4.69, 9.17) is 9.15 Å². The molecule has 0 aromatic carbocycles. The van der Waals surface area contributed by atoms with Crippen LogP contribution in [0.25, 0.3) is 0 Å². The molecule has 2 aliphatic heterocycles. The first kappa shape index (κ1) is 16.6. The Morgan fingerprint density at radius 2 is 2.00 bits per heavy atom. The first-order valence-corrected chi connectivity index (χ1v) is 9.12. The molecule has 1 aromatic rings. The van der Waals surface area contributed by atoms with E-state index >= 15 is 0 Å². The van der Waals surface area contributed by atoms with Gasteiger partial charge < -0.3 is 19.8 Å². The van der Waals surface area contributed by atoms with Gasteiger partial charge in [-0.1, -0.05) is 0 Å². The number of hydrogen-bond donors (Lipinski definition) is 2. The molecule has 1 saturated carbocycles. The molecule has 2 amide bonds. The highest BCUT2D eigenvalue weighted by Gasteiger charge is 2.55. The summed E-state index contributed by atoms with van der Waals surface area (Å²) in [4.78, 5) is 26.3. The fourth-order valence-electron chi connectivity index (χ4n) is 4.28. The van der Waals surface area contributed by atoms with Gasteiger partial charge in [0, 0.05) is 19.4 Å². The molecular weight excluding hydrogens is 322 g/mol. The number of rotatable bonds is 5. The first-order chi connectivity index (χ1) is 12.1. The Bertz CT molecular complexity index is 653. The molecule has 0 radical (unpaired) electrons. The number of fused-ring (bicyclic) bond motifs is 1. The van der Waals surface area contributed by atoms with Crippen molar-refractivity contribution in [1.29, 1.82) is 0 Å². The molecule has 3 aliphatic rings. The van der Waals surface area contributed by atoms with Gasteiger partial charge in [-0.3, -0.25) is 14.5 Å². The molecule has 4 atom stereocenters. The lowest BCUT2D eigenvalue weighted by Gasteiger charge is -2.47. The number of nitrogens with one attached hydrogen (secondary N) is 2. The van der Waals surface area contributed by atoms with Crippen molar-refractivity contribution >= 4 is 11.8 Å². The van der Waals surface area contributed by atoms with Gasteiger partial charge in [0.25, 0.3) is 5.91 Å². The number of amides is 2. The van der Waals surface area contributed by atoms with Crippen LogP contribution in [0.15, 0.2) is 16.5 Å². The molecule has 1 aliphatic carbocycles. The zero-order chi connectivity index (χ0) is 17.4. The van der Waals surface area contributed by atoms with Crippen LogP contribution in [0.2, 0.25) is 0 Å². The second kappa shape index (κ2) is 6.80. The highest BCUT2D eigenvalue weighted by molar-refractivity contribution is 5.92. The Morgan fingerprint density at radius 1 is 1.20 bits per heavy atom. The predicted molar refractivity (Wildman–Crippen MR) is 89.9 cm³/mol. The van der Waals surface area contributed by atoms with Crippen LogP contribution in [0.4, 0.5) is 0 Å². The van der Waals surface area contributed by atoms with Crippen molar-refractivity contribution in [2.75, 3.05) is 19.7 Å². The van der Waals surface area contributed by atoms with E-state index in [1.807, 2.05) is 6.07 Å². The summed E-state index contributed by atoms with van der Waals surface area (Å²) in [5, 5.41) is 5.92. The second-order valence-corrected chi connectivity index (χ2v) is 7.26. The molecule has 3 heterocycles. The van der Waals surface area contributed by atoms with Crippen molar-refractivity contribution in [2.45, 2.75) is 50.9 Å². The summed E-state index contributed by atoms with van der Waals surface area (Å²) >= 11 is 0. The molecule has 2 saturated heterocycles. The molecule has 25 heavy (non-hydrogen) atoms. The molecule has 3 fully saturated rings. The Labute approximate surface area is 147 Å². The van der Waals surface area contributed by atoms with Gasteiger partial charge in [0.1, 0.15) is 5.76 Å². The topological polar surface area (TPSA) is 83.8 Å². The number of likely N-dealkylation sites (tertiary alicyclic amines) is 1. The van der Waals surface area contributed by atoms with Gasteiger partial charge in [-0.15, -0.1) is 0 Å². The van der Waals surface area contributed by atoms with E-state index in [1.165, 1.54) is 19.8 Å². The molecule has 7 heteroatoms. The summed E-state index contributed by atoms with van der Waals surface area (Å²) in [5.41, 5.74) is 0. The van der Waals surface area contributed by atoms with Crippen molar-refractivity contribution in [3.63, 3.8) is 0 Å². The molecule has 0 unspecified atom stereocenters. The van der Waals surface area contributed by atoms with Crippen LogP contribution in [0.1, 0.15) is 42.5 Å². The zero-order valence-corrected chi connectivity index (χ0v) is 14.5. The van der Waals surface area contributed by atoms with E-state index in [0.29, 0.717) is 12.4 Å². The van der Waals surface area contributed by atoms with E-state index in [1.54, 1.807) is 6.07 Å². The number of ether oxygens (including phenoxy) is 1. The fraction of sp³-hybridized carbons (Fsp3) is 0.667. The maximum Gasteiger partial charge on any atom is 0.287 e. The largest absolute Gasteiger partial charge is 0.455 e. The summed E-state index contributed by atoms with van der Waals surface area (Å²) in [6.07, 6.45) is 3.37. The zero-order valence-electron chi connectivity index (χ0n) is 14.5. The van der Waals surface area contributed by atoms with E-state index in [2.05, 4.69) is 15.5 Å². The van der Waals surface area contributed by atoms with Crippen LogP contribution in [-0.2, 0) is 16.1 Å². The van der Waals surface area contributed by atoms with Gasteiger partial charge in [0.2, 0.25) is 5.91 Å². The first-order valence-electron chi connectivity index (χ1n) is 9.12. The van der Waals surface area contributed by atoms with Gasteiger partial charge in [0.05, 0.1) is 24.7 Å². The average Bonchev–Trinajstić information content (AvgIpc) is 3.31. The van der Waals surface area contributed by atoms with Crippen LogP contribution in [-0.4, -0.2) is 54.6 Å². The van der Waals surface area contributed by atoms with Gasteiger partial charge >= 0.3 is 0 Å². The lowest BCUT2D eigenvalue weighted by molar-refractivity contribution is -0.124. The van der Waals surface area contributed by atoms with Crippen LogP contribution in [0.3, 0.4) is 0 Å². The van der Waals surface area contributed by atoms with Crippen LogP contribution >= 0.6 is 0 Å². The Hall–Kier alpha value is -1.86. The van der Waals surface area contributed by atoms with E-state index in [0.717, 1.165) is 31.8 Å². The van der Waals surface area contributed by atoms with Gasteiger partial charge in [-0.05, 0) is 44.5 Å². The van der Waals surface area contributed by atoms with Crippen LogP contribution < -0.4 is 10.6 Å². The minimum atomic E-state index is -0.224. The highest BCUT2D eigenvalue weighted by atomic mass is 16.5. The van der Waals surface area contributed by atoms with Crippen molar-refractivity contribution in [2.24, 2.45) is 5.92 Å². The molecule has 4 rings (SSSR count). The Morgan fingerprint density at radius 3 is 2.76 bits per heavy atom. The summed E-state index contributed by atoms with van der Waals surface area (Å²) in [6, 6.07) is 3.35. The summed E-state index contributed by atoms with van der Waals surface area (Å²) in [5.74, 6) is 1.08. The third-order valence-corrected chi connectivity index (χ3v) is 5.52. The van der Waals surface area contributed by atoms with E-state index in [-0.39, 0.29) is 35.9 Å². The average molecular weight is 347 g/mol. The Kier molecular flexibility index (Phi) is 4.52. The smallest absolute Gasteiger partial charge is 0.287 e. The van der Waals surface area contributed by atoms with Gasteiger partial charge in [-0.25, -0.2) is 0 Å². The van der Waals surface area contributed by atoms with Crippen molar-refractivity contribution in [3.8, 4) is 0 Å². The normalized spacial score (nSPS) is 31.4. The third kappa shape index (κ3) is 3.30. The minimum Gasteiger partial charge on any atom is -0.455 e. The fourth-order valence-corrected chi connectivity index (χ4v) is 4.28. The number of carbonyl (C=O) groups is 2. The summed E-state index contributed by atoms with van der Waals surface area (Å²) in [7, 11) is 0. The minimum absolute atomic E-state index is 0.0107. The second-order valence-electron chi connectivity index (χ2n) is 7.26. The SMILES string of the molecule is CC(=O)N[C@H]1[C@H](NC(=O)c2ccc(CN3CCCC3)o2)[C@@H]2CCO[C@@H]21. The number of carbonyl (C=O) groups excluding carboxylic acids is 2. The number of hydrogen-bond acceptors (Lipinski definition) is 5. The van der Waals surface area contributed by atoms with Crippen molar-refractivity contribution in [1.82, 2.24) is 15.5 Å². The maximum absolute atomic E-state index is 12.5. The lowest BCUT2D eigenvalue weighted by Crippen LogP contribution is -2.70. The summed E-state index contributed by atoms with van der Waals surface area (Å²) in [6.45, 7) is 5.10. The molecule has 1 aromatic heterocycles. The number of nitrogens with zero attached hydrogens (tertiary/aromatic N) is 1. The molecule has 0 bridgehead atoms. The van der Waals surface area contributed by atoms with Crippen LogP contribution in [0.5, 0.6) is 0 Å². The van der Waals surface area contributed by atoms with Crippen LogP contribution in [0, 0.1) is 5.92 Å². The monoisotopic (exact) mass is 347 g/mol. The van der Waals surface area contributed by atoms with Gasteiger partial charge in [0.15, 0.2) is 5.76 Å². The standard InChI is InChI=1S/C18H25N3O4/c1-11(22)19-16-15(13-6-9-24-17(13)16)20-18(23)14-5-4-12(25-14)10-21-7-2-3-8-21/h4-5,13,15-17H,2-3,6-10H2,1H3,(H,19,22)(H,20,23)/t13-,15+,16-,17-/m0/s1.